The second-order valence-electron chi connectivity index (χ2n) is 3.47. The van der Waals surface area contributed by atoms with Crippen molar-refractivity contribution in [1.29, 1.82) is 0 Å². The maximum atomic E-state index is 11.7. The van der Waals surface area contributed by atoms with Crippen LogP contribution in [-0.2, 0) is 0 Å². The number of halogens is 2. The minimum atomic E-state index is 0.266. The lowest BCUT2D eigenvalue weighted by atomic mass is 10.1. The molecule has 0 saturated carbocycles. The Labute approximate surface area is 112 Å². The zero-order valence-electron chi connectivity index (χ0n) is 8.69. The highest BCUT2D eigenvalue weighted by atomic mass is 79.9. The first-order chi connectivity index (χ1) is 7.15. The van der Waals surface area contributed by atoms with E-state index in [1.54, 1.807) is 0 Å². The summed E-state index contributed by atoms with van der Waals surface area (Å²) in [7, 11) is 0. The second kappa shape index (κ2) is 6.81. The van der Waals surface area contributed by atoms with E-state index in [4.69, 9.17) is 0 Å². The van der Waals surface area contributed by atoms with E-state index < -0.39 is 0 Å². The maximum Gasteiger partial charge on any atom is 0.172 e. The number of carbonyl (C=O) groups excluding carboxylic acids is 1. The first kappa shape index (κ1) is 13.4. The fraction of sp³-hybridized carbons (Fsp3) is 0.545. The number of hydrogen-bond acceptors (Lipinski definition) is 2. The van der Waals surface area contributed by atoms with Crippen LogP contribution in [0.15, 0.2) is 14.3 Å². The Morgan fingerprint density at radius 1 is 1.33 bits per heavy atom. The number of unbranched alkanes of at least 4 members (excludes halogenated alkanes) is 3. The molecule has 0 amide bonds. The summed E-state index contributed by atoms with van der Waals surface area (Å²) in [6.07, 6.45) is 5.30. The van der Waals surface area contributed by atoms with E-state index in [-0.39, 0.29) is 5.78 Å². The molecule has 0 aromatic carbocycles. The highest BCUT2D eigenvalue weighted by Crippen LogP contribution is 2.33. The predicted octanol–water partition coefficient (Wildman–Crippen LogP) is 5.43. The molecule has 0 bridgehead atoms. The molecule has 1 nitrogen and oxygen atoms in total. The number of thiophene rings is 1. The van der Waals surface area contributed by atoms with Crippen molar-refractivity contribution in [2.75, 3.05) is 0 Å². The van der Waals surface area contributed by atoms with Crippen LogP contribution in [0.3, 0.4) is 0 Å². The summed E-state index contributed by atoms with van der Waals surface area (Å²) >= 11 is 8.29. The Bertz CT molecular complexity index is 314. The van der Waals surface area contributed by atoms with Crippen molar-refractivity contribution in [2.45, 2.75) is 39.0 Å². The van der Waals surface area contributed by atoms with Crippen LogP contribution in [0.5, 0.6) is 0 Å². The van der Waals surface area contributed by atoms with Gasteiger partial charge in [0.2, 0.25) is 0 Å². The minimum absolute atomic E-state index is 0.266. The summed E-state index contributed by atoms with van der Waals surface area (Å²) in [6, 6.07) is 1.90. The Morgan fingerprint density at radius 2 is 2.07 bits per heavy atom. The summed E-state index contributed by atoms with van der Waals surface area (Å²) < 4.78 is 1.98. The number of carbonyl (C=O) groups is 1. The first-order valence-electron chi connectivity index (χ1n) is 5.13. The van der Waals surface area contributed by atoms with Crippen LogP contribution in [-0.4, -0.2) is 5.78 Å². The molecule has 0 radical (unpaired) electrons. The van der Waals surface area contributed by atoms with Gasteiger partial charge in [0.25, 0.3) is 0 Å². The van der Waals surface area contributed by atoms with Crippen LogP contribution in [0.4, 0.5) is 0 Å². The third-order valence-electron chi connectivity index (χ3n) is 2.18. The smallest absolute Gasteiger partial charge is 0.172 e. The molecule has 0 saturated heterocycles. The van der Waals surface area contributed by atoms with Crippen LogP contribution in [0.1, 0.15) is 48.7 Å². The van der Waals surface area contributed by atoms with Gasteiger partial charge in [-0.25, -0.2) is 0 Å². The Hall–Kier alpha value is 0.330. The molecule has 0 fully saturated rings. The number of ketones is 1. The summed E-state index contributed by atoms with van der Waals surface area (Å²) in [5.41, 5.74) is 0. The zero-order valence-corrected chi connectivity index (χ0v) is 12.7. The molecule has 0 aliphatic rings. The Kier molecular flexibility index (Phi) is 6.09. The van der Waals surface area contributed by atoms with Gasteiger partial charge in [-0.05, 0) is 44.3 Å². The van der Waals surface area contributed by atoms with Gasteiger partial charge in [-0.2, -0.15) is 0 Å². The van der Waals surface area contributed by atoms with Crippen molar-refractivity contribution in [1.82, 2.24) is 0 Å². The number of Topliss-reactive ketones (excluding diaryl/α,β-unsaturated/α-hetero) is 1. The molecule has 0 spiro atoms. The van der Waals surface area contributed by atoms with E-state index in [0.29, 0.717) is 6.42 Å². The molecule has 1 aromatic rings. The van der Waals surface area contributed by atoms with Gasteiger partial charge >= 0.3 is 0 Å². The second-order valence-corrected chi connectivity index (χ2v) is 6.69. The fourth-order valence-electron chi connectivity index (χ4n) is 1.32. The van der Waals surface area contributed by atoms with Crippen molar-refractivity contribution in [3.8, 4) is 0 Å². The Morgan fingerprint density at radius 3 is 2.60 bits per heavy atom. The summed E-state index contributed by atoms with van der Waals surface area (Å²) in [4.78, 5) is 12.6. The van der Waals surface area contributed by atoms with Crippen LogP contribution in [0.25, 0.3) is 0 Å². The molecule has 1 aromatic heterocycles. The van der Waals surface area contributed by atoms with E-state index in [1.165, 1.54) is 24.2 Å². The van der Waals surface area contributed by atoms with Gasteiger partial charge in [-0.1, -0.05) is 26.2 Å². The van der Waals surface area contributed by atoms with Crippen molar-refractivity contribution >= 4 is 49.0 Å². The minimum Gasteiger partial charge on any atom is -0.293 e. The molecule has 0 aliphatic heterocycles. The zero-order chi connectivity index (χ0) is 11.3. The van der Waals surface area contributed by atoms with E-state index in [0.717, 1.165) is 26.0 Å². The lowest BCUT2D eigenvalue weighted by molar-refractivity contribution is 0.0983. The van der Waals surface area contributed by atoms with Crippen LogP contribution in [0.2, 0.25) is 0 Å². The largest absolute Gasteiger partial charge is 0.293 e. The lowest BCUT2D eigenvalue weighted by Gasteiger charge is -1.97. The molecule has 0 aliphatic carbocycles. The number of rotatable bonds is 6. The molecule has 84 valence electrons. The van der Waals surface area contributed by atoms with Crippen molar-refractivity contribution in [3.63, 3.8) is 0 Å². The molecular formula is C11H14Br2OS. The molecule has 4 heteroatoms. The SMILES string of the molecule is CCCCCCC(=O)c1cc(Br)c(Br)s1. The molecule has 0 atom stereocenters. The van der Waals surface area contributed by atoms with Crippen LogP contribution < -0.4 is 0 Å². The van der Waals surface area contributed by atoms with Crippen molar-refractivity contribution in [3.05, 3.63) is 19.2 Å². The highest BCUT2D eigenvalue weighted by molar-refractivity contribution is 9.13. The van der Waals surface area contributed by atoms with E-state index in [9.17, 15) is 4.79 Å². The van der Waals surface area contributed by atoms with Gasteiger partial charge in [0, 0.05) is 10.9 Å². The van der Waals surface area contributed by atoms with Gasteiger partial charge in [0.1, 0.15) is 0 Å². The normalized spacial score (nSPS) is 10.6. The molecule has 0 unspecified atom stereocenters. The Balaban J connectivity index is 2.40. The molecule has 1 heterocycles. The van der Waals surface area contributed by atoms with Gasteiger partial charge in [0.15, 0.2) is 5.78 Å². The van der Waals surface area contributed by atoms with Crippen LogP contribution in [0, 0.1) is 0 Å². The average molecular weight is 354 g/mol. The predicted molar refractivity (Wildman–Crippen MR) is 72.8 cm³/mol. The van der Waals surface area contributed by atoms with E-state index in [1.807, 2.05) is 6.07 Å². The van der Waals surface area contributed by atoms with Gasteiger partial charge in [-0.3, -0.25) is 4.79 Å². The van der Waals surface area contributed by atoms with E-state index in [2.05, 4.69) is 38.8 Å². The van der Waals surface area contributed by atoms with E-state index >= 15 is 0 Å². The summed E-state index contributed by atoms with van der Waals surface area (Å²) in [5.74, 6) is 0.266. The molecule has 1 rings (SSSR count). The monoisotopic (exact) mass is 352 g/mol. The molecule has 0 N–H and O–H groups in total. The highest BCUT2D eigenvalue weighted by Gasteiger charge is 2.11. The third-order valence-corrected chi connectivity index (χ3v) is 5.47. The van der Waals surface area contributed by atoms with Gasteiger partial charge < -0.3 is 0 Å². The quantitative estimate of drug-likeness (QED) is 0.492. The molecular weight excluding hydrogens is 340 g/mol. The molecule has 15 heavy (non-hydrogen) atoms. The third kappa shape index (κ3) is 4.37. The first-order valence-corrected chi connectivity index (χ1v) is 7.53. The van der Waals surface area contributed by atoms with Gasteiger partial charge in [-0.15, -0.1) is 11.3 Å². The standard InChI is InChI=1S/C11H14Br2OS/c1-2-3-4-5-6-9(14)10-7-8(12)11(13)15-10/h7H,2-6H2,1H3. The number of hydrogen-bond donors (Lipinski definition) is 0. The average Bonchev–Trinajstić information content (AvgIpc) is 2.54. The summed E-state index contributed by atoms with van der Waals surface area (Å²) in [5, 5.41) is 0. The lowest BCUT2D eigenvalue weighted by Crippen LogP contribution is -1.95. The van der Waals surface area contributed by atoms with Gasteiger partial charge in [0.05, 0.1) is 8.66 Å². The van der Waals surface area contributed by atoms with Crippen LogP contribution >= 0.6 is 43.2 Å². The maximum absolute atomic E-state index is 11.7. The summed E-state index contributed by atoms with van der Waals surface area (Å²) in [6.45, 7) is 2.18. The topological polar surface area (TPSA) is 17.1 Å². The van der Waals surface area contributed by atoms with Crippen molar-refractivity contribution in [2.24, 2.45) is 0 Å². The van der Waals surface area contributed by atoms with Crippen molar-refractivity contribution < 1.29 is 4.79 Å². The fourth-order valence-corrected chi connectivity index (χ4v) is 3.32.